The van der Waals surface area contributed by atoms with Gasteiger partial charge in [-0.25, -0.2) is 15.8 Å². The number of hydrazine groups is 1. The Morgan fingerprint density at radius 3 is 3.06 bits per heavy atom. The highest BCUT2D eigenvalue weighted by atomic mass is 16.5. The molecule has 1 atom stereocenters. The van der Waals surface area contributed by atoms with Gasteiger partial charge in [0.1, 0.15) is 6.33 Å². The van der Waals surface area contributed by atoms with E-state index in [0.717, 1.165) is 19.5 Å². The van der Waals surface area contributed by atoms with Gasteiger partial charge < -0.3 is 20.2 Å². The normalized spacial score (nSPS) is 19.5. The van der Waals surface area contributed by atoms with E-state index < -0.39 is 0 Å². The van der Waals surface area contributed by atoms with E-state index in [4.69, 9.17) is 15.7 Å². The largest absolute Gasteiger partial charge is 0.490 e. The zero-order chi connectivity index (χ0) is 12.3. The molecule has 1 aromatic rings. The lowest BCUT2D eigenvalue weighted by Crippen LogP contribution is -2.23. The number of aliphatic hydroxyl groups is 1. The second-order valence-electron chi connectivity index (χ2n) is 4.01. The topological polar surface area (TPSA) is 96.5 Å². The summed E-state index contributed by atoms with van der Waals surface area (Å²) in [6.07, 6.45) is 2.40. The molecule has 0 spiro atoms. The van der Waals surface area contributed by atoms with E-state index in [1.165, 1.54) is 6.33 Å². The van der Waals surface area contributed by atoms with Crippen molar-refractivity contribution in [3.05, 3.63) is 6.33 Å². The lowest BCUT2D eigenvalue weighted by molar-refractivity contribution is 0.238. The van der Waals surface area contributed by atoms with Crippen LogP contribution < -0.4 is 20.9 Å². The molecule has 1 fully saturated rings. The van der Waals surface area contributed by atoms with Crippen LogP contribution in [0.4, 0.5) is 11.6 Å². The number of nitrogens with one attached hydrogen (secondary N) is 1. The number of aromatic nitrogens is 2. The molecule has 0 aliphatic carbocycles. The van der Waals surface area contributed by atoms with Gasteiger partial charge in [-0.05, 0) is 6.42 Å². The van der Waals surface area contributed by atoms with Gasteiger partial charge in [0.25, 0.3) is 0 Å². The van der Waals surface area contributed by atoms with Crippen molar-refractivity contribution in [2.45, 2.75) is 6.42 Å². The molecule has 0 radical (unpaired) electrons. The standard InChI is InChI=1S/C10H17N5O2/c1-17-8-9(14-11)12-6-13-10(8)15-3-2-7(4-15)5-16/h6-7,16H,2-5,11H2,1H3,(H,12,13,14). The number of ether oxygens (including phenoxy) is 1. The van der Waals surface area contributed by atoms with Gasteiger partial charge in [0.15, 0.2) is 11.6 Å². The predicted octanol–water partition coefficient (Wildman–Crippen LogP) is -0.411. The molecule has 17 heavy (non-hydrogen) atoms. The fraction of sp³-hybridized carbons (Fsp3) is 0.600. The van der Waals surface area contributed by atoms with Gasteiger partial charge in [0.05, 0.1) is 7.11 Å². The summed E-state index contributed by atoms with van der Waals surface area (Å²) in [5.74, 6) is 7.38. The molecule has 1 aliphatic heterocycles. The van der Waals surface area contributed by atoms with E-state index in [0.29, 0.717) is 23.3 Å². The monoisotopic (exact) mass is 239 g/mol. The number of hydrogen-bond donors (Lipinski definition) is 3. The third-order valence-electron chi connectivity index (χ3n) is 2.97. The summed E-state index contributed by atoms with van der Waals surface area (Å²) in [6.45, 7) is 1.82. The number of nitrogens with zero attached hydrogens (tertiary/aromatic N) is 3. The van der Waals surface area contributed by atoms with Gasteiger partial charge >= 0.3 is 0 Å². The highest BCUT2D eigenvalue weighted by molar-refractivity contribution is 5.64. The summed E-state index contributed by atoms with van der Waals surface area (Å²) < 4.78 is 5.28. The molecule has 0 amide bonds. The Labute approximate surface area is 99.6 Å². The van der Waals surface area contributed by atoms with E-state index in [9.17, 15) is 0 Å². The van der Waals surface area contributed by atoms with Crippen molar-refractivity contribution < 1.29 is 9.84 Å². The molecule has 0 aromatic carbocycles. The molecule has 7 nitrogen and oxygen atoms in total. The van der Waals surface area contributed by atoms with E-state index in [1.54, 1.807) is 7.11 Å². The quantitative estimate of drug-likeness (QED) is 0.485. The Kier molecular flexibility index (Phi) is 3.60. The lowest BCUT2D eigenvalue weighted by atomic mass is 10.1. The van der Waals surface area contributed by atoms with Crippen LogP contribution in [0.15, 0.2) is 6.33 Å². The SMILES string of the molecule is COc1c(NN)ncnc1N1CCC(CO)C1. The third kappa shape index (κ3) is 2.25. The first kappa shape index (κ1) is 11.9. The van der Waals surface area contributed by atoms with Crippen LogP contribution in [0.25, 0.3) is 0 Å². The molecule has 1 aliphatic rings. The van der Waals surface area contributed by atoms with Crippen molar-refractivity contribution in [1.82, 2.24) is 9.97 Å². The third-order valence-corrected chi connectivity index (χ3v) is 2.97. The van der Waals surface area contributed by atoms with E-state index in [2.05, 4.69) is 20.3 Å². The highest BCUT2D eigenvalue weighted by Gasteiger charge is 2.26. The van der Waals surface area contributed by atoms with Crippen LogP contribution in [0, 0.1) is 5.92 Å². The maximum atomic E-state index is 9.13. The average Bonchev–Trinajstić information content (AvgIpc) is 2.86. The van der Waals surface area contributed by atoms with Crippen LogP contribution in [0.5, 0.6) is 5.75 Å². The summed E-state index contributed by atoms with van der Waals surface area (Å²) in [7, 11) is 1.56. The Balaban J connectivity index is 2.26. The fourth-order valence-corrected chi connectivity index (χ4v) is 2.05. The maximum absolute atomic E-state index is 9.13. The van der Waals surface area contributed by atoms with Crippen molar-refractivity contribution in [3.63, 3.8) is 0 Å². The van der Waals surface area contributed by atoms with Crippen molar-refractivity contribution in [1.29, 1.82) is 0 Å². The van der Waals surface area contributed by atoms with E-state index >= 15 is 0 Å². The van der Waals surface area contributed by atoms with Crippen LogP contribution in [0.3, 0.4) is 0 Å². The summed E-state index contributed by atoms with van der Waals surface area (Å²) >= 11 is 0. The second kappa shape index (κ2) is 5.15. The van der Waals surface area contributed by atoms with Crippen molar-refractivity contribution >= 4 is 11.6 Å². The van der Waals surface area contributed by atoms with E-state index in [-0.39, 0.29) is 6.61 Å². The summed E-state index contributed by atoms with van der Waals surface area (Å²) in [6, 6.07) is 0. The average molecular weight is 239 g/mol. The Bertz CT molecular complexity index is 387. The molecular formula is C10H17N5O2. The summed E-state index contributed by atoms with van der Waals surface area (Å²) in [5.41, 5.74) is 2.48. The molecule has 1 unspecified atom stereocenters. The predicted molar refractivity (Wildman–Crippen MR) is 63.8 cm³/mol. The highest BCUT2D eigenvalue weighted by Crippen LogP contribution is 2.34. The number of methoxy groups -OCH3 is 1. The van der Waals surface area contributed by atoms with Gasteiger partial charge in [-0.2, -0.15) is 0 Å². The first-order chi connectivity index (χ1) is 8.30. The van der Waals surface area contributed by atoms with Crippen LogP contribution in [-0.2, 0) is 0 Å². The fourth-order valence-electron chi connectivity index (χ4n) is 2.05. The Morgan fingerprint density at radius 2 is 2.47 bits per heavy atom. The number of aliphatic hydroxyl groups excluding tert-OH is 1. The van der Waals surface area contributed by atoms with Gasteiger partial charge in [0.2, 0.25) is 5.75 Å². The van der Waals surface area contributed by atoms with Crippen LogP contribution in [0.1, 0.15) is 6.42 Å². The molecule has 0 bridgehead atoms. The number of nitrogens with two attached hydrogens (primary N) is 1. The molecular weight excluding hydrogens is 222 g/mol. The van der Waals surface area contributed by atoms with Crippen molar-refractivity contribution in [2.24, 2.45) is 11.8 Å². The van der Waals surface area contributed by atoms with Crippen molar-refractivity contribution in [3.8, 4) is 5.75 Å². The number of hydrogen-bond acceptors (Lipinski definition) is 7. The molecule has 0 saturated carbocycles. The van der Waals surface area contributed by atoms with Gasteiger partial charge in [-0.1, -0.05) is 0 Å². The number of nitrogen functional groups attached to an aromatic ring is 1. The second-order valence-corrected chi connectivity index (χ2v) is 4.01. The van der Waals surface area contributed by atoms with Gasteiger partial charge in [0, 0.05) is 25.6 Å². The smallest absolute Gasteiger partial charge is 0.205 e. The zero-order valence-electron chi connectivity index (χ0n) is 9.76. The van der Waals surface area contributed by atoms with Crippen molar-refractivity contribution in [2.75, 3.05) is 37.1 Å². The van der Waals surface area contributed by atoms with Crippen LogP contribution in [-0.4, -0.2) is 41.9 Å². The molecule has 1 aromatic heterocycles. The minimum absolute atomic E-state index is 0.200. The summed E-state index contributed by atoms with van der Waals surface area (Å²) in [4.78, 5) is 10.3. The lowest BCUT2D eigenvalue weighted by Gasteiger charge is -2.20. The zero-order valence-corrected chi connectivity index (χ0v) is 9.76. The number of rotatable bonds is 4. The first-order valence-corrected chi connectivity index (χ1v) is 5.51. The molecule has 2 heterocycles. The molecule has 7 heteroatoms. The minimum atomic E-state index is 0.200. The van der Waals surface area contributed by atoms with Crippen LogP contribution in [0.2, 0.25) is 0 Å². The molecule has 2 rings (SSSR count). The number of anilines is 2. The van der Waals surface area contributed by atoms with Gasteiger partial charge in [-0.15, -0.1) is 0 Å². The van der Waals surface area contributed by atoms with Crippen LogP contribution >= 0.6 is 0 Å². The Morgan fingerprint density at radius 1 is 1.65 bits per heavy atom. The Hall–Kier alpha value is -1.60. The minimum Gasteiger partial charge on any atom is -0.490 e. The summed E-state index contributed by atoms with van der Waals surface area (Å²) in [5, 5.41) is 9.13. The molecule has 94 valence electrons. The first-order valence-electron chi connectivity index (χ1n) is 5.51. The molecule has 4 N–H and O–H groups in total. The van der Waals surface area contributed by atoms with E-state index in [1.807, 2.05) is 0 Å². The molecule has 1 saturated heterocycles. The van der Waals surface area contributed by atoms with Gasteiger partial charge in [-0.3, -0.25) is 0 Å². The maximum Gasteiger partial charge on any atom is 0.205 e.